The predicted molar refractivity (Wildman–Crippen MR) is 187 cm³/mol. The van der Waals surface area contributed by atoms with Crippen LogP contribution in [-0.2, 0) is 43.2 Å². The number of alkyl halides is 3. The second kappa shape index (κ2) is 20.4. The summed E-state index contributed by atoms with van der Waals surface area (Å²) in [6.45, 7) is 12.4. The Labute approximate surface area is 311 Å². The SMILES string of the molecule is CCCN(C(=[N-])N=Nc1c(O)n(CC)c(=S)n(CC)c1=O)C(C)=N.CCN(C(=[N-])N=Nc1c(O)n(CC)c(=S)n(CC)c1=O)C(=N)C(F)(F)F.[Fe+2]. The molecule has 24 heteroatoms. The summed E-state index contributed by atoms with van der Waals surface area (Å²) < 4.78 is 43.0. The van der Waals surface area contributed by atoms with Crippen molar-refractivity contribution in [2.24, 2.45) is 20.5 Å². The Kier molecular flexibility index (Phi) is 18.7. The van der Waals surface area contributed by atoms with Crippen LogP contribution in [-0.4, -0.2) is 81.1 Å². The van der Waals surface area contributed by atoms with Crippen LogP contribution in [0.2, 0.25) is 0 Å². The third-order valence-corrected chi connectivity index (χ3v) is 7.57. The van der Waals surface area contributed by atoms with E-state index in [4.69, 9.17) is 35.3 Å². The molecule has 282 valence electrons. The maximum absolute atomic E-state index is 12.6. The van der Waals surface area contributed by atoms with E-state index in [9.17, 15) is 43.8 Å². The summed E-state index contributed by atoms with van der Waals surface area (Å²) in [4.78, 5) is 26.1. The molecule has 0 amide bonds. The van der Waals surface area contributed by atoms with E-state index in [1.54, 1.807) is 27.7 Å². The van der Waals surface area contributed by atoms with Gasteiger partial charge in [-0.3, -0.25) is 43.5 Å². The Morgan fingerprint density at radius 3 is 1.39 bits per heavy atom. The molecule has 0 radical (unpaired) electrons. The van der Waals surface area contributed by atoms with Crippen LogP contribution in [0.25, 0.3) is 10.8 Å². The van der Waals surface area contributed by atoms with Gasteiger partial charge in [-0.15, -0.1) is 0 Å². The topological polar surface area (TPSA) is 243 Å². The van der Waals surface area contributed by atoms with Crippen molar-refractivity contribution in [2.45, 2.75) is 87.2 Å². The van der Waals surface area contributed by atoms with E-state index in [1.165, 1.54) is 32.4 Å². The van der Waals surface area contributed by atoms with Gasteiger partial charge in [-0.1, -0.05) is 20.3 Å². The Balaban J connectivity index is 0.000000964. The number of nitrogens with one attached hydrogen (secondary N) is 2. The number of azo groups is 2. The molecular weight excluding hydrogens is 761 g/mol. The van der Waals surface area contributed by atoms with Crippen molar-refractivity contribution in [3.05, 3.63) is 41.1 Å². The molecule has 0 fully saturated rings. The van der Waals surface area contributed by atoms with Crippen molar-refractivity contribution in [3.8, 4) is 11.8 Å². The zero-order valence-corrected chi connectivity index (χ0v) is 31.6. The molecule has 0 unspecified atom stereocenters. The van der Waals surface area contributed by atoms with Gasteiger partial charge in [0.2, 0.25) is 11.8 Å². The third-order valence-electron chi connectivity index (χ3n) is 6.69. The van der Waals surface area contributed by atoms with Crippen LogP contribution < -0.4 is 11.1 Å². The van der Waals surface area contributed by atoms with Gasteiger partial charge >= 0.3 is 23.2 Å². The van der Waals surface area contributed by atoms with E-state index in [-0.39, 0.29) is 56.1 Å². The van der Waals surface area contributed by atoms with Gasteiger partial charge in [0.15, 0.2) is 26.8 Å². The first-order valence-electron chi connectivity index (χ1n) is 15.1. The first kappa shape index (κ1) is 46.6. The molecule has 4 N–H and O–H groups in total. The van der Waals surface area contributed by atoms with Gasteiger partial charge in [0, 0.05) is 43.9 Å². The Hall–Kier alpha value is -4.41. The van der Waals surface area contributed by atoms with E-state index in [2.05, 4.69) is 20.5 Å². The molecule has 0 aliphatic carbocycles. The molecule has 0 spiro atoms. The molecule has 0 saturated heterocycles. The fraction of sp³-hybridized carbons (Fsp3) is 0.556. The van der Waals surface area contributed by atoms with E-state index < -0.39 is 59.0 Å². The van der Waals surface area contributed by atoms with Gasteiger partial charge in [0.1, 0.15) is 0 Å². The molecular formula is C27H39F3FeN14O4S2. The maximum Gasteiger partial charge on any atom is 2.00 e. The number of hydrogen-bond acceptors (Lipinski definition) is 10. The first-order valence-corrected chi connectivity index (χ1v) is 16.0. The predicted octanol–water partition coefficient (Wildman–Crippen LogP) is 5.84. The minimum atomic E-state index is -5.01. The molecule has 0 saturated carbocycles. The number of aromatic nitrogens is 4. The van der Waals surface area contributed by atoms with Crippen LogP contribution in [0.5, 0.6) is 11.8 Å². The average molecular weight is 801 g/mol. The van der Waals surface area contributed by atoms with Crippen molar-refractivity contribution >= 4 is 59.4 Å². The average Bonchev–Trinajstić information content (AvgIpc) is 3.04. The largest absolute Gasteiger partial charge is 2.00 e. The molecule has 0 aliphatic heterocycles. The summed E-state index contributed by atoms with van der Waals surface area (Å²) in [6.07, 6.45) is -4.32. The third kappa shape index (κ3) is 11.0. The van der Waals surface area contributed by atoms with Crippen LogP contribution in [0.1, 0.15) is 54.9 Å². The zero-order chi connectivity index (χ0) is 38.7. The molecule has 18 nitrogen and oxygen atoms in total. The minimum absolute atomic E-state index is 0. The Morgan fingerprint density at radius 2 is 1.12 bits per heavy atom. The van der Waals surface area contributed by atoms with Gasteiger partial charge in [0.05, 0.1) is 0 Å². The first-order chi connectivity index (χ1) is 23.3. The second-order valence-corrected chi connectivity index (χ2v) is 10.6. The van der Waals surface area contributed by atoms with E-state index in [0.29, 0.717) is 26.1 Å². The fourth-order valence-corrected chi connectivity index (χ4v) is 5.00. The summed E-state index contributed by atoms with van der Waals surface area (Å²) in [7, 11) is 0. The Bertz CT molecular complexity index is 1920. The van der Waals surface area contributed by atoms with Gasteiger partial charge in [0.25, 0.3) is 11.1 Å². The number of guanidine groups is 2. The van der Waals surface area contributed by atoms with Crippen molar-refractivity contribution in [1.29, 1.82) is 10.8 Å². The molecule has 0 atom stereocenters. The number of aromatic hydroxyl groups is 2. The molecule has 2 aromatic heterocycles. The summed E-state index contributed by atoms with van der Waals surface area (Å²) in [6, 6.07) is 0. The number of hydrogen-bond donors (Lipinski definition) is 4. The smallest absolute Gasteiger partial charge is 0.493 e. The van der Waals surface area contributed by atoms with Gasteiger partial charge < -0.3 is 36.2 Å². The van der Waals surface area contributed by atoms with Gasteiger partial charge in [-0.05, 0) is 72.1 Å². The molecule has 2 heterocycles. The summed E-state index contributed by atoms with van der Waals surface area (Å²) in [5, 5.41) is 68.5. The van der Waals surface area contributed by atoms with Crippen molar-refractivity contribution in [2.75, 3.05) is 13.1 Å². The standard InChI is InChI=1S/C14H22N7O2S.C13H17F3N7O2S.Fe/c1-5-8-21(9(4)15)13(16)18-17-10-11(22)19(6-2)14(24)20(7-3)12(10)23;1-4-21-8(24)7(9(25)22(5-2)12(21)26)19-20-11(18)23(6-3)10(17)13(14,15)16;/h15,22H,5-8H2,1-4H3;17,24H,4-6H2,1-3H3;/q2*-1;+2. The van der Waals surface area contributed by atoms with E-state index >= 15 is 0 Å². The van der Waals surface area contributed by atoms with Crippen LogP contribution in [0, 0.1) is 20.4 Å². The van der Waals surface area contributed by atoms with Crippen molar-refractivity contribution < 1.29 is 40.5 Å². The summed E-state index contributed by atoms with van der Waals surface area (Å²) in [5.74, 6) is -4.55. The monoisotopic (exact) mass is 800 g/mol. The second-order valence-electron chi connectivity index (χ2n) is 9.82. The number of halogens is 3. The molecule has 0 bridgehead atoms. The van der Waals surface area contributed by atoms with Crippen molar-refractivity contribution in [3.63, 3.8) is 0 Å². The number of nitrogens with zero attached hydrogens (tertiary/aromatic N) is 12. The summed E-state index contributed by atoms with van der Waals surface area (Å²) in [5.41, 5.74) is -2.30. The quantitative estimate of drug-likeness (QED) is 0.0788. The van der Waals surface area contributed by atoms with E-state index in [0.717, 1.165) is 4.57 Å². The molecule has 0 aromatic carbocycles. The maximum atomic E-state index is 12.6. The normalized spacial score (nSPS) is 11.2. The Morgan fingerprint density at radius 1 is 0.765 bits per heavy atom. The number of amidine groups is 2. The minimum Gasteiger partial charge on any atom is -0.493 e. The van der Waals surface area contributed by atoms with Crippen LogP contribution >= 0.6 is 24.4 Å². The summed E-state index contributed by atoms with van der Waals surface area (Å²) >= 11 is 10.2. The molecule has 51 heavy (non-hydrogen) atoms. The molecule has 2 rings (SSSR count). The number of rotatable bonds is 9. The van der Waals surface area contributed by atoms with Crippen molar-refractivity contribution in [1.82, 2.24) is 28.1 Å². The van der Waals surface area contributed by atoms with E-state index in [1.807, 2.05) is 6.92 Å². The van der Waals surface area contributed by atoms with Gasteiger partial charge in [-0.25, -0.2) is 10.2 Å². The fourth-order valence-electron chi connectivity index (χ4n) is 4.14. The van der Waals surface area contributed by atoms with Crippen LogP contribution in [0.15, 0.2) is 30.0 Å². The zero-order valence-electron chi connectivity index (χ0n) is 28.8. The van der Waals surface area contributed by atoms with Crippen LogP contribution in [0.3, 0.4) is 0 Å². The molecule has 0 aliphatic rings. The molecule has 2 aromatic rings. The van der Waals surface area contributed by atoms with Gasteiger partial charge in [-0.2, -0.15) is 13.2 Å². The van der Waals surface area contributed by atoms with Crippen LogP contribution in [0.4, 0.5) is 24.5 Å².